The number of rotatable bonds is 5. The van der Waals surface area contributed by atoms with E-state index in [0.717, 1.165) is 10.7 Å². The molecule has 19 heavy (non-hydrogen) atoms. The van der Waals surface area contributed by atoms with Gasteiger partial charge >= 0.3 is 0 Å². The summed E-state index contributed by atoms with van der Waals surface area (Å²) >= 11 is 3.24. The average molecular weight is 292 g/mol. The van der Waals surface area contributed by atoms with Gasteiger partial charge in [-0.25, -0.2) is 9.67 Å². The lowest BCUT2D eigenvalue weighted by Crippen LogP contribution is -2.10. The van der Waals surface area contributed by atoms with Crippen LogP contribution < -0.4 is 0 Å². The number of hydrogen-bond acceptors (Lipinski definition) is 6. The quantitative estimate of drug-likeness (QED) is 0.725. The lowest BCUT2D eigenvalue weighted by atomic mass is 10.3. The second-order valence-corrected chi connectivity index (χ2v) is 5.78. The zero-order valence-corrected chi connectivity index (χ0v) is 11.9. The Kier molecular flexibility index (Phi) is 3.67. The third kappa shape index (κ3) is 2.73. The predicted octanol–water partition coefficient (Wildman–Crippen LogP) is 2.85. The molecule has 3 aromatic rings. The van der Waals surface area contributed by atoms with Crippen molar-refractivity contribution in [2.24, 2.45) is 0 Å². The maximum Gasteiger partial charge on any atom is 0.145 e. The van der Waals surface area contributed by atoms with E-state index < -0.39 is 0 Å². The summed E-state index contributed by atoms with van der Waals surface area (Å²) in [6, 6.07) is 4.09. The number of thiazole rings is 1. The SMILES string of the molecule is COC(Cn1cc(-c2nccs2)nn1)c1cccs1. The molecule has 0 amide bonds. The van der Waals surface area contributed by atoms with E-state index in [0.29, 0.717) is 6.54 Å². The fraction of sp³-hybridized carbons (Fsp3) is 0.250. The maximum atomic E-state index is 5.51. The zero-order chi connectivity index (χ0) is 13.1. The van der Waals surface area contributed by atoms with Crippen molar-refractivity contribution < 1.29 is 4.74 Å². The summed E-state index contributed by atoms with van der Waals surface area (Å²) in [5, 5.41) is 13.1. The molecule has 3 heterocycles. The Morgan fingerprint density at radius 2 is 2.32 bits per heavy atom. The Morgan fingerprint density at radius 1 is 1.37 bits per heavy atom. The van der Waals surface area contributed by atoms with Crippen LogP contribution in [0.15, 0.2) is 35.3 Å². The Morgan fingerprint density at radius 3 is 3.00 bits per heavy atom. The van der Waals surface area contributed by atoms with E-state index in [4.69, 9.17) is 4.74 Å². The fourth-order valence-corrected chi connectivity index (χ4v) is 3.14. The Hall–Kier alpha value is -1.57. The number of aromatic nitrogens is 4. The lowest BCUT2D eigenvalue weighted by molar-refractivity contribution is 0.0869. The summed E-state index contributed by atoms with van der Waals surface area (Å²) in [6.07, 6.45) is 3.67. The van der Waals surface area contributed by atoms with Crippen LogP contribution in [0, 0.1) is 0 Å². The molecule has 3 rings (SSSR count). The molecule has 0 aliphatic heterocycles. The van der Waals surface area contributed by atoms with Gasteiger partial charge in [0.15, 0.2) is 0 Å². The van der Waals surface area contributed by atoms with Gasteiger partial charge in [0.05, 0.1) is 12.7 Å². The van der Waals surface area contributed by atoms with Gasteiger partial charge in [0.2, 0.25) is 0 Å². The summed E-state index contributed by atoms with van der Waals surface area (Å²) < 4.78 is 7.30. The van der Waals surface area contributed by atoms with Gasteiger partial charge in [-0.2, -0.15) is 0 Å². The largest absolute Gasteiger partial charge is 0.374 e. The Labute approximate surface area is 118 Å². The topological polar surface area (TPSA) is 52.8 Å². The summed E-state index contributed by atoms with van der Waals surface area (Å²) in [5.41, 5.74) is 0.802. The maximum absolute atomic E-state index is 5.51. The van der Waals surface area contributed by atoms with Crippen molar-refractivity contribution in [2.75, 3.05) is 7.11 Å². The van der Waals surface area contributed by atoms with Crippen LogP contribution in [0.2, 0.25) is 0 Å². The molecule has 0 radical (unpaired) electrons. The first kappa shape index (κ1) is 12.5. The smallest absolute Gasteiger partial charge is 0.145 e. The highest BCUT2D eigenvalue weighted by Gasteiger charge is 2.14. The van der Waals surface area contributed by atoms with Gasteiger partial charge in [-0.1, -0.05) is 11.3 Å². The summed E-state index contributed by atoms with van der Waals surface area (Å²) in [5.74, 6) is 0. The molecule has 1 unspecified atom stereocenters. The van der Waals surface area contributed by atoms with Crippen LogP contribution in [0.1, 0.15) is 11.0 Å². The Balaban J connectivity index is 1.76. The number of nitrogens with zero attached hydrogens (tertiary/aromatic N) is 4. The van der Waals surface area contributed by atoms with E-state index in [1.807, 2.05) is 23.0 Å². The zero-order valence-electron chi connectivity index (χ0n) is 10.3. The molecule has 3 aromatic heterocycles. The van der Waals surface area contributed by atoms with Crippen LogP contribution in [0.3, 0.4) is 0 Å². The molecule has 0 saturated carbocycles. The van der Waals surface area contributed by atoms with Crippen LogP contribution in [0.5, 0.6) is 0 Å². The molecule has 0 spiro atoms. The van der Waals surface area contributed by atoms with Crippen molar-refractivity contribution in [1.82, 2.24) is 20.0 Å². The molecule has 0 bridgehead atoms. The van der Waals surface area contributed by atoms with Gasteiger partial charge in [-0.15, -0.1) is 27.8 Å². The molecule has 5 nitrogen and oxygen atoms in total. The normalized spacial score (nSPS) is 12.7. The number of methoxy groups -OCH3 is 1. The van der Waals surface area contributed by atoms with Crippen molar-refractivity contribution >= 4 is 22.7 Å². The van der Waals surface area contributed by atoms with Gasteiger partial charge in [-0.3, -0.25) is 0 Å². The minimum Gasteiger partial charge on any atom is -0.374 e. The van der Waals surface area contributed by atoms with Crippen molar-refractivity contribution in [1.29, 1.82) is 0 Å². The first-order chi connectivity index (χ1) is 9.36. The van der Waals surface area contributed by atoms with E-state index in [1.165, 1.54) is 4.88 Å². The average Bonchev–Trinajstić information content (AvgIpc) is 3.15. The van der Waals surface area contributed by atoms with Gasteiger partial charge in [0, 0.05) is 23.6 Å². The molecule has 98 valence electrons. The number of hydrogen-bond donors (Lipinski definition) is 0. The van der Waals surface area contributed by atoms with Crippen molar-refractivity contribution in [3.8, 4) is 10.7 Å². The van der Waals surface area contributed by atoms with E-state index in [9.17, 15) is 0 Å². The minimum absolute atomic E-state index is 0.00541. The van der Waals surface area contributed by atoms with E-state index >= 15 is 0 Å². The Bertz CT molecular complexity index is 618. The molecule has 0 fully saturated rings. The molecule has 0 aliphatic rings. The molecule has 0 N–H and O–H groups in total. The molecular weight excluding hydrogens is 280 g/mol. The minimum atomic E-state index is 0.00541. The van der Waals surface area contributed by atoms with E-state index in [2.05, 4.69) is 21.4 Å². The van der Waals surface area contributed by atoms with Gasteiger partial charge in [0.1, 0.15) is 16.8 Å². The van der Waals surface area contributed by atoms with Crippen molar-refractivity contribution in [3.63, 3.8) is 0 Å². The van der Waals surface area contributed by atoms with Crippen molar-refractivity contribution in [3.05, 3.63) is 40.2 Å². The monoisotopic (exact) mass is 292 g/mol. The molecule has 1 atom stereocenters. The van der Waals surface area contributed by atoms with Crippen LogP contribution in [-0.4, -0.2) is 27.1 Å². The first-order valence-electron chi connectivity index (χ1n) is 5.73. The third-order valence-electron chi connectivity index (χ3n) is 2.69. The number of ether oxygens (including phenoxy) is 1. The predicted molar refractivity (Wildman–Crippen MR) is 75.2 cm³/mol. The fourth-order valence-electron chi connectivity index (χ4n) is 1.76. The van der Waals surface area contributed by atoms with Gasteiger partial charge < -0.3 is 4.74 Å². The van der Waals surface area contributed by atoms with Crippen LogP contribution in [0.4, 0.5) is 0 Å². The molecule has 0 aliphatic carbocycles. The van der Waals surface area contributed by atoms with E-state index in [-0.39, 0.29) is 6.10 Å². The highest BCUT2D eigenvalue weighted by atomic mass is 32.1. The van der Waals surface area contributed by atoms with Crippen molar-refractivity contribution in [2.45, 2.75) is 12.6 Å². The highest BCUT2D eigenvalue weighted by molar-refractivity contribution is 7.13. The second kappa shape index (κ2) is 5.60. The first-order valence-corrected chi connectivity index (χ1v) is 7.49. The van der Waals surface area contributed by atoms with Crippen LogP contribution >= 0.6 is 22.7 Å². The number of thiophene rings is 1. The lowest BCUT2D eigenvalue weighted by Gasteiger charge is -2.12. The van der Waals surface area contributed by atoms with E-state index in [1.54, 1.807) is 40.7 Å². The standard InChI is InChI=1S/C12H12N4OS2/c1-17-10(11-3-2-5-18-11)8-16-7-9(14-15-16)12-13-4-6-19-12/h2-7,10H,8H2,1H3. The van der Waals surface area contributed by atoms with Crippen LogP contribution in [-0.2, 0) is 11.3 Å². The molecular formula is C12H12N4OS2. The summed E-state index contributed by atoms with van der Waals surface area (Å²) in [7, 11) is 1.71. The summed E-state index contributed by atoms with van der Waals surface area (Å²) in [6.45, 7) is 0.648. The molecule has 0 aromatic carbocycles. The highest BCUT2D eigenvalue weighted by Crippen LogP contribution is 2.24. The molecule has 0 saturated heterocycles. The van der Waals surface area contributed by atoms with Crippen LogP contribution in [0.25, 0.3) is 10.7 Å². The third-order valence-corrected chi connectivity index (χ3v) is 4.45. The molecule has 7 heteroatoms. The van der Waals surface area contributed by atoms with Gasteiger partial charge in [0.25, 0.3) is 0 Å². The van der Waals surface area contributed by atoms with Gasteiger partial charge in [-0.05, 0) is 11.4 Å². The summed E-state index contributed by atoms with van der Waals surface area (Å²) in [4.78, 5) is 5.41. The second-order valence-electron chi connectivity index (χ2n) is 3.90.